The number of Topliss-reactive ketones (excluding diaryl/α,β-unsaturated/α-hetero) is 1. The van der Waals surface area contributed by atoms with Gasteiger partial charge in [-0.05, 0) is 57.5 Å². The van der Waals surface area contributed by atoms with Crippen LogP contribution in [0, 0.1) is 13.8 Å². The number of aliphatic hydroxyl groups excluding tert-OH is 1. The molecule has 3 heterocycles. The Labute approximate surface area is 198 Å². The van der Waals surface area contributed by atoms with E-state index in [4.69, 9.17) is 4.74 Å². The smallest absolute Gasteiger partial charge is 0.290 e. The van der Waals surface area contributed by atoms with Crippen LogP contribution in [-0.4, -0.2) is 64.4 Å². The minimum absolute atomic E-state index is 0.118. The first kappa shape index (κ1) is 23.2. The minimum atomic E-state index is -0.664. The van der Waals surface area contributed by atoms with Crippen LogP contribution < -0.4 is 4.74 Å². The molecule has 33 heavy (non-hydrogen) atoms. The predicted molar refractivity (Wildman–Crippen MR) is 128 cm³/mol. The van der Waals surface area contributed by atoms with Crippen LogP contribution in [0.15, 0.2) is 48.3 Å². The van der Waals surface area contributed by atoms with Crippen molar-refractivity contribution in [1.82, 2.24) is 14.8 Å². The molecule has 1 N–H and O–H groups in total. The van der Waals surface area contributed by atoms with E-state index in [2.05, 4.69) is 16.5 Å². The van der Waals surface area contributed by atoms with Gasteiger partial charge >= 0.3 is 0 Å². The molecule has 0 aliphatic carbocycles. The molecule has 1 atom stereocenters. The van der Waals surface area contributed by atoms with Crippen LogP contribution >= 0.6 is 11.3 Å². The van der Waals surface area contributed by atoms with Crippen molar-refractivity contribution in [3.63, 3.8) is 0 Å². The average molecular weight is 468 g/mol. The normalized spacial score (nSPS) is 18.9. The van der Waals surface area contributed by atoms with Crippen LogP contribution in [0.2, 0.25) is 0 Å². The largest absolute Gasteiger partial charge is 0.503 e. The molecule has 1 unspecified atom stereocenters. The van der Waals surface area contributed by atoms with E-state index in [9.17, 15) is 14.7 Å². The van der Waals surface area contributed by atoms with Gasteiger partial charge in [0.2, 0.25) is 5.78 Å². The number of thiazole rings is 1. The van der Waals surface area contributed by atoms with E-state index in [1.807, 2.05) is 31.2 Å². The molecule has 1 aromatic heterocycles. The van der Waals surface area contributed by atoms with Gasteiger partial charge in [0.05, 0.1) is 27.2 Å². The van der Waals surface area contributed by atoms with Crippen molar-refractivity contribution < 1.29 is 19.4 Å². The van der Waals surface area contributed by atoms with E-state index < -0.39 is 17.7 Å². The van der Waals surface area contributed by atoms with Crippen LogP contribution in [0.1, 0.15) is 44.8 Å². The molecule has 0 spiro atoms. The lowest BCUT2D eigenvalue weighted by Crippen LogP contribution is -2.37. The number of amides is 1. The van der Waals surface area contributed by atoms with Crippen molar-refractivity contribution in [3.05, 3.63) is 69.4 Å². The molecule has 1 amide bonds. The Morgan fingerprint density at radius 1 is 1.24 bits per heavy atom. The Balaban J connectivity index is 1.69. The van der Waals surface area contributed by atoms with E-state index in [0.717, 1.165) is 36.5 Å². The highest BCUT2D eigenvalue weighted by Crippen LogP contribution is 2.40. The van der Waals surface area contributed by atoms with Crippen LogP contribution in [0.3, 0.4) is 0 Å². The second kappa shape index (κ2) is 9.89. The summed E-state index contributed by atoms with van der Waals surface area (Å²) in [6, 6.07) is 6.64. The van der Waals surface area contributed by atoms with Gasteiger partial charge in [0.25, 0.3) is 5.91 Å². The maximum atomic E-state index is 13.6. The zero-order valence-electron chi connectivity index (χ0n) is 19.0. The molecule has 2 aromatic rings. The third-order valence-electron chi connectivity index (χ3n) is 6.08. The highest BCUT2D eigenvalue weighted by Gasteiger charge is 2.44. The van der Waals surface area contributed by atoms with Crippen LogP contribution in [-0.2, 0) is 4.79 Å². The first-order chi connectivity index (χ1) is 15.9. The number of nitrogens with zero attached hydrogens (tertiary/aromatic N) is 3. The van der Waals surface area contributed by atoms with Crippen molar-refractivity contribution in [2.45, 2.75) is 32.7 Å². The zero-order valence-corrected chi connectivity index (χ0v) is 19.9. The van der Waals surface area contributed by atoms with E-state index in [-0.39, 0.29) is 11.4 Å². The number of aromatic nitrogens is 1. The third kappa shape index (κ3) is 4.72. The van der Waals surface area contributed by atoms with Crippen molar-refractivity contribution >= 4 is 23.0 Å². The number of carbonyl (C=O) groups is 2. The van der Waals surface area contributed by atoms with Gasteiger partial charge in [0.1, 0.15) is 12.4 Å². The summed E-state index contributed by atoms with van der Waals surface area (Å²) in [6.07, 6.45) is 3.97. The van der Waals surface area contributed by atoms with Crippen LogP contribution in [0.5, 0.6) is 5.75 Å². The second-order valence-corrected chi connectivity index (χ2v) is 9.56. The lowest BCUT2D eigenvalue weighted by atomic mass is 9.95. The number of hydrogen-bond donors (Lipinski definition) is 1. The fraction of sp³-hybridized carbons (Fsp3) is 0.400. The summed E-state index contributed by atoms with van der Waals surface area (Å²) in [6.45, 7) is 10.8. The molecule has 174 valence electrons. The summed E-state index contributed by atoms with van der Waals surface area (Å²) >= 11 is 1.28. The molecule has 1 saturated heterocycles. The summed E-state index contributed by atoms with van der Waals surface area (Å²) in [4.78, 5) is 35.4. The molecular formula is C25H29N3O4S. The SMILES string of the molecule is C=CCOc1ccc(C2C(C(=O)c3sc(C)nc3C)=C(O)C(=O)N2CCN2CCCC2)cc1. The van der Waals surface area contributed by atoms with Gasteiger partial charge in [0, 0.05) is 13.1 Å². The summed E-state index contributed by atoms with van der Waals surface area (Å²) in [5.41, 5.74) is 1.48. The molecule has 2 aliphatic heterocycles. The van der Waals surface area contributed by atoms with Crippen molar-refractivity contribution in [2.75, 3.05) is 32.8 Å². The Kier molecular flexibility index (Phi) is 6.95. The first-order valence-electron chi connectivity index (χ1n) is 11.2. The van der Waals surface area contributed by atoms with Gasteiger partial charge in [-0.15, -0.1) is 11.3 Å². The number of benzene rings is 1. The molecule has 0 radical (unpaired) electrons. The maximum absolute atomic E-state index is 13.6. The summed E-state index contributed by atoms with van der Waals surface area (Å²) in [5.74, 6) is -0.650. The standard InChI is InChI=1S/C25H29N3O4S/c1-4-15-32-19-9-7-18(8-10-19)21-20(22(29)24-16(2)26-17(3)33-24)23(30)25(31)28(21)14-13-27-11-5-6-12-27/h4,7-10,21,30H,1,5-6,11-15H2,2-3H3. The van der Waals surface area contributed by atoms with Crippen LogP contribution in [0.25, 0.3) is 0 Å². The minimum Gasteiger partial charge on any atom is -0.503 e. The molecule has 4 rings (SSSR count). The fourth-order valence-electron chi connectivity index (χ4n) is 4.48. The molecule has 2 aliphatic rings. The lowest BCUT2D eigenvalue weighted by Gasteiger charge is -2.28. The Hall–Kier alpha value is -2.97. The number of carbonyl (C=O) groups excluding carboxylic acids is 2. The molecule has 0 saturated carbocycles. The lowest BCUT2D eigenvalue weighted by molar-refractivity contribution is -0.129. The number of hydrogen-bond acceptors (Lipinski definition) is 7. The highest BCUT2D eigenvalue weighted by atomic mass is 32.1. The van der Waals surface area contributed by atoms with E-state index in [0.29, 0.717) is 36.0 Å². The number of aryl methyl sites for hydroxylation is 2. The number of ether oxygens (including phenoxy) is 1. The molecule has 1 fully saturated rings. The van der Waals surface area contributed by atoms with Crippen molar-refractivity contribution in [2.24, 2.45) is 0 Å². The highest BCUT2D eigenvalue weighted by molar-refractivity contribution is 7.14. The third-order valence-corrected chi connectivity index (χ3v) is 7.15. The number of rotatable bonds is 9. The van der Waals surface area contributed by atoms with E-state index in [1.165, 1.54) is 11.3 Å². The van der Waals surface area contributed by atoms with Gasteiger partial charge in [-0.1, -0.05) is 24.8 Å². The Morgan fingerprint density at radius 2 is 1.94 bits per heavy atom. The van der Waals surface area contributed by atoms with Gasteiger partial charge < -0.3 is 19.6 Å². The predicted octanol–water partition coefficient (Wildman–Crippen LogP) is 4.00. The number of aliphatic hydroxyl groups is 1. The van der Waals surface area contributed by atoms with Gasteiger partial charge in [-0.3, -0.25) is 9.59 Å². The molecule has 8 heteroatoms. The van der Waals surface area contributed by atoms with E-state index >= 15 is 0 Å². The molecule has 0 bridgehead atoms. The molecule has 7 nitrogen and oxygen atoms in total. The van der Waals surface area contributed by atoms with Crippen LogP contribution in [0.4, 0.5) is 0 Å². The van der Waals surface area contributed by atoms with Gasteiger partial charge in [-0.25, -0.2) is 4.98 Å². The van der Waals surface area contributed by atoms with Gasteiger partial charge in [0.15, 0.2) is 5.76 Å². The Bertz CT molecular complexity index is 1080. The number of likely N-dealkylation sites (tertiary alicyclic amines) is 1. The fourth-order valence-corrected chi connectivity index (χ4v) is 5.36. The summed E-state index contributed by atoms with van der Waals surface area (Å²) in [7, 11) is 0. The quantitative estimate of drug-likeness (QED) is 0.443. The van der Waals surface area contributed by atoms with Crippen molar-refractivity contribution in [1.29, 1.82) is 0 Å². The zero-order chi connectivity index (χ0) is 23.5. The molecular weight excluding hydrogens is 438 g/mol. The monoisotopic (exact) mass is 467 g/mol. The van der Waals surface area contributed by atoms with E-state index in [1.54, 1.807) is 17.9 Å². The Morgan fingerprint density at radius 3 is 2.55 bits per heavy atom. The maximum Gasteiger partial charge on any atom is 0.290 e. The van der Waals surface area contributed by atoms with Gasteiger partial charge in [-0.2, -0.15) is 0 Å². The number of ketones is 1. The molecule has 1 aromatic carbocycles. The first-order valence-corrected chi connectivity index (χ1v) is 12.0. The topological polar surface area (TPSA) is 83.0 Å². The summed E-state index contributed by atoms with van der Waals surface area (Å²) < 4.78 is 5.58. The van der Waals surface area contributed by atoms with Crippen molar-refractivity contribution in [3.8, 4) is 5.75 Å². The summed E-state index contributed by atoms with van der Waals surface area (Å²) in [5, 5.41) is 11.6. The second-order valence-electron chi connectivity index (χ2n) is 8.36. The average Bonchev–Trinajstić information content (AvgIpc) is 3.50.